The van der Waals surface area contributed by atoms with Crippen molar-refractivity contribution < 1.29 is 0 Å². The number of nitriles is 1. The topological polar surface area (TPSA) is 27.0 Å². The summed E-state index contributed by atoms with van der Waals surface area (Å²) in [6.45, 7) is 2.14. The summed E-state index contributed by atoms with van der Waals surface area (Å²) >= 11 is 1.87. The summed E-state index contributed by atoms with van der Waals surface area (Å²) in [6.07, 6.45) is 6.65. The molecule has 0 unspecified atom stereocenters. The quantitative estimate of drug-likeness (QED) is 0.167. The molecule has 302 valence electrons. The van der Waals surface area contributed by atoms with Crippen molar-refractivity contribution in [3.05, 3.63) is 198 Å². The van der Waals surface area contributed by atoms with Crippen LogP contribution in [0.4, 0.5) is 17.1 Å². The number of thiophene rings is 1. The third-order valence-corrected chi connectivity index (χ3v) is 16.8. The van der Waals surface area contributed by atoms with E-state index < -0.39 is 0 Å². The Balaban J connectivity index is 0.974. The highest BCUT2D eigenvalue weighted by Crippen LogP contribution is 2.70. The molecule has 4 saturated carbocycles. The van der Waals surface area contributed by atoms with Crippen molar-refractivity contribution >= 4 is 48.6 Å². The number of hydrogen-bond donors (Lipinski definition) is 0. The minimum atomic E-state index is -0.0391. The van der Waals surface area contributed by atoms with E-state index in [-0.39, 0.29) is 5.41 Å². The molecule has 0 atom stereocenters. The molecule has 8 aromatic carbocycles. The number of aryl methyl sites for hydroxylation is 1. The molecule has 0 N–H and O–H groups in total. The van der Waals surface area contributed by atoms with Gasteiger partial charge in [-0.05, 0) is 167 Å². The first-order valence-electron chi connectivity index (χ1n) is 22.8. The van der Waals surface area contributed by atoms with Crippen LogP contribution in [0.25, 0.3) is 64.7 Å². The third-order valence-electron chi connectivity index (χ3n) is 15.6. The Labute approximate surface area is 373 Å². The molecule has 5 aliphatic carbocycles. The lowest BCUT2D eigenvalue weighted by Gasteiger charge is -2.61. The lowest BCUT2D eigenvalue weighted by atomic mass is 9.43. The predicted octanol–water partition coefficient (Wildman–Crippen LogP) is 16.4. The summed E-state index contributed by atoms with van der Waals surface area (Å²) in [6, 6.07) is 67.8. The standard InChI is InChI=1S/C60H46N2S/c1-37-17-19-41(20-18-37)43-23-27-49(28-24-43)62(48-25-21-42(22-26-48)40-9-3-2-4-10-40)55-15-8-16-56-57(55)52-13-7-12-50(59(52)63-56)44-34-45(36-61)58-53(35-44)51-11-5-6-14-54(51)60(58)46-30-38-29-39(32-46)33-47(60)31-38/h2-28,34-35,38-39,46-47H,29-33H2,1H3. The van der Waals surface area contributed by atoms with Gasteiger partial charge in [0.25, 0.3) is 0 Å². The maximum atomic E-state index is 11.2. The molecule has 2 nitrogen and oxygen atoms in total. The zero-order valence-electron chi connectivity index (χ0n) is 35.4. The number of nitrogens with zero attached hydrogens (tertiary/aromatic N) is 2. The molecule has 14 rings (SSSR count). The summed E-state index contributed by atoms with van der Waals surface area (Å²) in [5.74, 6) is 2.96. The summed E-state index contributed by atoms with van der Waals surface area (Å²) < 4.78 is 2.50. The molecule has 1 aromatic heterocycles. The first-order chi connectivity index (χ1) is 31.0. The zero-order valence-corrected chi connectivity index (χ0v) is 36.2. The Bertz CT molecular complexity index is 3270. The normalized spacial score (nSPS) is 21.5. The summed E-state index contributed by atoms with van der Waals surface area (Å²) in [5, 5.41) is 13.6. The molecule has 0 saturated heterocycles. The van der Waals surface area contributed by atoms with E-state index in [1.54, 1.807) is 0 Å². The maximum Gasteiger partial charge on any atom is 0.0995 e. The van der Waals surface area contributed by atoms with Crippen molar-refractivity contribution in [2.24, 2.45) is 23.7 Å². The molecule has 0 amide bonds. The van der Waals surface area contributed by atoms with Gasteiger partial charge in [0.2, 0.25) is 0 Å². The highest BCUT2D eigenvalue weighted by molar-refractivity contribution is 7.26. The average molecular weight is 827 g/mol. The highest BCUT2D eigenvalue weighted by atomic mass is 32.1. The van der Waals surface area contributed by atoms with E-state index >= 15 is 0 Å². The molecule has 0 radical (unpaired) electrons. The van der Waals surface area contributed by atoms with Crippen LogP contribution in [0.3, 0.4) is 0 Å². The van der Waals surface area contributed by atoms with Crippen molar-refractivity contribution in [2.75, 3.05) is 4.90 Å². The number of hydrogen-bond acceptors (Lipinski definition) is 3. The van der Waals surface area contributed by atoms with Gasteiger partial charge < -0.3 is 4.90 Å². The Morgan fingerprint density at radius 1 is 0.540 bits per heavy atom. The highest BCUT2D eigenvalue weighted by Gasteiger charge is 2.62. The van der Waals surface area contributed by atoms with Gasteiger partial charge in [-0.1, -0.05) is 133 Å². The summed E-state index contributed by atoms with van der Waals surface area (Å²) in [5.41, 5.74) is 18.1. The SMILES string of the molecule is Cc1ccc(-c2ccc(N(c3ccc(-c4ccccc4)cc3)c3cccc4sc5c(-c6cc(C#N)c7c(c6)-c6ccccc6C76C7CC8CC(C7)CC6C8)cccc5c34)cc2)cc1. The van der Waals surface area contributed by atoms with E-state index in [0.29, 0.717) is 11.8 Å². The van der Waals surface area contributed by atoms with Gasteiger partial charge in [0.1, 0.15) is 0 Å². The molecule has 9 aromatic rings. The lowest BCUT2D eigenvalue weighted by Crippen LogP contribution is -2.55. The molecular formula is C60H46N2S. The lowest BCUT2D eigenvalue weighted by molar-refractivity contribution is -0.0400. The van der Waals surface area contributed by atoms with E-state index in [1.165, 1.54) is 108 Å². The molecule has 5 aliphatic rings. The van der Waals surface area contributed by atoms with Gasteiger partial charge in [-0.15, -0.1) is 11.3 Å². The maximum absolute atomic E-state index is 11.2. The van der Waals surface area contributed by atoms with E-state index in [9.17, 15) is 5.26 Å². The van der Waals surface area contributed by atoms with Gasteiger partial charge in [-0.3, -0.25) is 0 Å². The second kappa shape index (κ2) is 14.1. The molecule has 4 bridgehead atoms. The van der Waals surface area contributed by atoms with Crippen LogP contribution in [0.1, 0.15) is 54.4 Å². The van der Waals surface area contributed by atoms with Crippen LogP contribution >= 0.6 is 11.3 Å². The van der Waals surface area contributed by atoms with Crippen molar-refractivity contribution in [3.63, 3.8) is 0 Å². The fourth-order valence-electron chi connectivity index (χ4n) is 13.2. The van der Waals surface area contributed by atoms with Gasteiger partial charge in [-0.25, -0.2) is 0 Å². The Kier molecular flexibility index (Phi) is 8.28. The van der Waals surface area contributed by atoms with Crippen LogP contribution in [0.2, 0.25) is 0 Å². The Morgan fingerprint density at radius 3 is 1.79 bits per heavy atom. The van der Waals surface area contributed by atoms with Gasteiger partial charge >= 0.3 is 0 Å². The van der Waals surface area contributed by atoms with E-state index in [0.717, 1.165) is 40.0 Å². The second-order valence-electron chi connectivity index (χ2n) is 18.9. The smallest absolute Gasteiger partial charge is 0.0995 e. The van der Waals surface area contributed by atoms with E-state index in [1.807, 2.05) is 11.3 Å². The monoisotopic (exact) mass is 826 g/mol. The number of fused-ring (bicyclic) bond motifs is 6. The van der Waals surface area contributed by atoms with Crippen LogP contribution in [0.5, 0.6) is 0 Å². The van der Waals surface area contributed by atoms with Crippen molar-refractivity contribution in [1.82, 2.24) is 0 Å². The van der Waals surface area contributed by atoms with Crippen LogP contribution in [-0.2, 0) is 5.41 Å². The minimum absolute atomic E-state index is 0.0391. The van der Waals surface area contributed by atoms with Crippen LogP contribution in [-0.4, -0.2) is 0 Å². The number of anilines is 3. The largest absolute Gasteiger partial charge is 0.310 e. The first kappa shape index (κ1) is 36.9. The molecule has 1 spiro atoms. The van der Waals surface area contributed by atoms with Gasteiger partial charge in [0, 0.05) is 37.0 Å². The van der Waals surface area contributed by atoms with Crippen molar-refractivity contribution in [3.8, 4) is 50.6 Å². The Hall–Kier alpha value is -6.73. The molecular weight excluding hydrogens is 781 g/mol. The fraction of sp³-hybridized carbons (Fsp3) is 0.183. The number of rotatable bonds is 6. The molecule has 1 heterocycles. The van der Waals surface area contributed by atoms with Crippen molar-refractivity contribution in [2.45, 2.75) is 44.4 Å². The first-order valence-corrected chi connectivity index (χ1v) is 23.6. The third kappa shape index (κ3) is 5.54. The molecule has 63 heavy (non-hydrogen) atoms. The average Bonchev–Trinajstić information content (AvgIpc) is 3.86. The van der Waals surface area contributed by atoms with Crippen LogP contribution in [0, 0.1) is 41.9 Å². The minimum Gasteiger partial charge on any atom is -0.310 e. The van der Waals surface area contributed by atoms with Crippen molar-refractivity contribution in [1.29, 1.82) is 5.26 Å². The van der Waals surface area contributed by atoms with Gasteiger partial charge in [0.05, 0.1) is 17.3 Å². The molecule has 3 heteroatoms. The van der Waals surface area contributed by atoms with E-state index in [2.05, 4.69) is 194 Å². The summed E-state index contributed by atoms with van der Waals surface area (Å²) in [4.78, 5) is 2.43. The predicted molar refractivity (Wildman–Crippen MR) is 263 cm³/mol. The molecule has 4 fully saturated rings. The summed E-state index contributed by atoms with van der Waals surface area (Å²) in [7, 11) is 0. The Morgan fingerprint density at radius 2 is 1.13 bits per heavy atom. The second-order valence-corrected chi connectivity index (χ2v) is 19.9. The number of benzene rings is 8. The van der Waals surface area contributed by atoms with E-state index in [4.69, 9.17) is 0 Å². The molecule has 0 aliphatic heterocycles. The van der Waals surface area contributed by atoms with Crippen LogP contribution < -0.4 is 4.90 Å². The fourth-order valence-corrected chi connectivity index (χ4v) is 14.4. The van der Waals surface area contributed by atoms with Gasteiger partial charge in [0.15, 0.2) is 0 Å². The van der Waals surface area contributed by atoms with Gasteiger partial charge in [-0.2, -0.15) is 5.26 Å². The zero-order chi connectivity index (χ0) is 41.8. The van der Waals surface area contributed by atoms with Crippen LogP contribution in [0.15, 0.2) is 176 Å².